The highest BCUT2D eigenvalue weighted by atomic mass is 35.5. The Kier molecular flexibility index (Phi) is 1.63. The summed E-state index contributed by atoms with van der Waals surface area (Å²) in [6.07, 6.45) is 1.80. The van der Waals surface area contributed by atoms with Crippen LogP contribution in [0.1, 0.15) is 5.56 Å². The van der Waals surface area contributed by atoms with Gasteiger partial charge in [-0.2, -0.15) is 0 Å². The van der Waals surface area contributed by atoms with Gasteiger partial charge in [0.05, 0.1) is 17.4 Å². The lowest BCUT2D eigenvalue weighted by molar-refractivity contribution is 0.803. The van der Waals surface area contributed by atoms with Gasteiger partial charge in [0.2, 0.25) is 0 Å². The Morgan fingerprint density at radius 1 is 1.36 bits per heavy atom. The summed E-state index contributed by atoms with van der Waals surface area (Å²) in [5.74, 6) is 0. The summed E-state index contributed by atoms with van der Waals surface area (Å²) in [7, 11) is 0. The first-order valence-electron chi connectivity index (χ1n) is 4.42. The van der Waals surface area contributed by atoms with Gasteiger partial charge in [0, 0.05) is 29.3 Å². The van der Waals surface area contributed by atoms with Crippen LogP contribution in [-0.4, -0.2) is 4.98 Å². The molecule has 70 valence electrons. The number of pyridine rings is 1. The number of aromatic nitrogens is 1. The van der Waals surface area contributed by atoms with Gasteiger partial charge in [0.15, 0.2) is 0 Å². The number of hydrogen-bond donors (Lipinski definition) is 1. The first kappa shape index (κ1) is 8.03. The molecule has 14 heavy (non-hydrogen) atoms. The van der Waals surface area contributed by atoms with Gasteiger partial charge in [-0.1, -0.05) is 18.2 Å². The van der Waals surface area contributed by atoms with Gasteiger partial charge < -0.3 is 0 Å². The van der Waals surface area contributed by atoms with E-state index in [-0.39, 0.29) is 0 Å². The van der Waals surface area contributed by atoms with Gasteiger partial charge in [-0.3, -0.25) is 4.98 Å². The summed E-state index contributed by atoms with van der Waals surface area (Å²) in [5.41, 5.74) is 6.21. The quantitative estimate of drug-likeness (QED) is 0.669. The second-order valence-corrected chi connectivity index (χ2v) is 3.59. The van der Waals surface area contributed by atoms with Gasteiger partial charge >= 0.3 is 0 Å². The summed E-state index contributed by atoms with van der Waals surface area (Å²) in [4.78, 5) is 4.34. The van der Waals surface area contributed by atoms with E-state index < -0.39 is 0 Å². The minimum absolute atomic E-state index is 0.766. The molecule has 3 rings (SSSR count). The van der Waals surface area contributed by atoms with Crippen LogP contribution in [0, 0.1) is 0 Å². The highest BCUT2D eigenvalue weighted by Crippen LogP contribution is 2.31. The van der Waals surface area contributed by atoms with E-state index in [1.54, 1.807) is 6.20 Å². The topological polar surface area (TPSA) is 28.2 Å². The van der Waals surface area contributed by atoms with E-state index in [1.807, 2.05) is 18.2 Å². The van der Waals surface area contributed by atoms with Crippen molar-refractivity contribution in [1.29, 1.82) is 0 Å². The molecule has 1 aliphatic rings. The number of halogens is 1. The fraction of sp³-hybridized carbons (Fsp3) is 0.100. The second-order valence-electron chi connectivity index (χ2n) is 3.25. The molecule has 4 heteroatoms. The molecule has 2 aromatic rings. The van der Waals surface area contributed by atoms with E-state index in [9.17, 15) is 0 Å². The molecule has 3 nitrogen and oxygen atoms in total. The molecule has 0 radical (unpaired) electrons. The number of nitrogens with one attached hydrogen (secondary N) is 1. The third kappa shape index (κ3) is 0.997. The van der Waals surface area contributed by atoms with Crippen LogP contribution in [0.3, 0.4) is 0 Å². The fourth-order valence-electron chi connectivity index (χ4n) is 1.78. The van der Waals surface area contributed by atoms with Crippen LogP contribution in [0.2, 0.25) is 0 Å². The molecule has 0 amide bonds. The molecule has 0 atom stereocenters. The zero-order chi connectivity index (χ0) is 9.54. The molecule has 0 bridgehead atoms. The number of para-hydroxylation sites is 1. The molecule has 1 N–H and O–H groups in total. The number of rotatable bonds is 0. The van der Waals surface area contributed by atoms with Gasteiger partial charge in [-0.15, -0.1) is 0 Å². The molecule has 1 aliphatic heterocycles. The molecule has 1 aromatic heterocycles. The number of hydrazine groups is 1. The van der Waals surface area contributed by atoms with Crippen molar-refractivity contribution in [2.45, 2.75) is 6.54 Å². The van der Waals surface area contributed by atoms with Crippen LogP contribution < -0.4 is 9.95 Å². The van der Waals surface area contributed by atoms with Crippen LogP contribution in [0.4, 0.5) is 5.69 Å². The van der Waals surface area contributed by atoms with Crippen molar-refractivity contribution >= 4 is 28.4 Å². The molecular weight excluding hydrogens is 198 g/mol. The van der Waals surface area contributed by atoms with E-state index in [4.69, 9.17) is 11.8 Å². The number of nitrogens with zero attached hydrogens (tertiary/aromatic N) is 2. The Morgan fingerprint density at radius 2 is 2.21 bits per heavy atom. The summed E-state index contributed by atoms with van der Waals surface area (Å²) < 4.78 is 1.49. The lowest BCUT2D eigenvalue weighted by Gasteiger charge is -2.07. The number of anilines is 1. The van der Waals surface area contributed by atoms with Crippen LogP contribution in [0.25, 0.3) is 10.9 Å². The molecule has 0 saturated heterocycles. The Bertz CT molecular complexity index is 498. The van der Waals surface area contributed by atoms with Crippen LogP contribution in [0.15, 0.2) is 30.5 Å². The van der Waals surface area contributed by atoms with Gasteiger partial charge in [0.25, 0.3) is 0 Å². The highest BCUT2D eigenvalue weighted by molar-refractivity contribution is 6.26. The number of fused-ring (bicyclic) bond motifs is 3. The van der Waals surface area contributed by atoms with Crippen molar-refractivity contribution < 1.29 is 0 Å². The predicted octanol–water partition coefficient (Wildman–Crippen LogP) is 2.21. The van der Waals surface area contributed by atoms with E-state index >= 15 is 0 Å². The maximum atomic E-state index is 5.93. The Hall–Kier alpha value is -1.32. The maximum Gasteiger partial charge on any atom is 0.0941 e. The maximum absolute atomic E-state index is 5.93. The monoisotopic (exact) mass is 205 g/mol. The van der Waals surface area contributed by atoms with E-state index in [0.29, 0.717) is 0 Å². The predicted molar refractivity (Wildman–Crippen MR) is 56.9 cm³/mol. The lowest BCUT2D eigenvalue weighted by atomic mass is 10.1. The first-order chi connectivity index (χ1) is 6.86. The van der Waals surface area contributed by atoms with Crippen LogP contribution >= 0.6 is 11.8 Å². The molecule has 0 unspecified atom stereocenters. The standard InChI is InChI=1S/C10H8ClN3/c11-14-10-6-12-9-4-2-1-3-7(9)8(10)5-13-14/h1-4,6,13H,5H2. The van der Waals surface area contributed by atoms with Crippen molar-refractivity contribution in [3.63, 3.8) is 0 Å². The number of hydrogen-bond acceptors (Lipinski definition) is 3. The Balaban J connectivity index is 2.38. The van der Waals surface area contributed by atoms with Crippen molar-refractivity contribution in [2.75, 3.05) is 4.53 Å². The molecule has 0 aliphatic carbocycles. The zero-order valence-corrected chi connectivity index (χ0v) is 8.12. The van der Waals surface area contributed by atoms with Crippen LogP contribution in [0.5, 0.6) is 0 Å². The largest absolute Gasteiger partial charge is 0.254 e. The molecule has 2 heterocycles. The first-order valence-corrected chi connectivity index (χ1v) is 4.76. The summed E-state index contributed by atoms with van der Waals surface area (Å²) in [5, 5.41) is 1.17. The van der Waals surface area contributed by atoms with E-state index in [1.165, 1.54) is 15.5 Å². The van der Waals surface area contributed by atoms with Gasteiger partial charge in [-0.05, 0) is 6.07 Å². The lowest BCUT2D eigenvalue weighted by Crippen LogP contribution is -2.20. The Morgan fingerprint density at radius 3 is 3.14 bits per heavy atom. The normalized spacial score (nSPS) is 14.8. The van der Waals surface area contributed by atoms with Crippen molar-refractivity contribution in [2.24, 2.45) is 0 Å². The summed E-state index contributed by atoms with van der Waals surface area (Å²) >= 11 is 5.93. The van der Waals surface area contributed by atoms with Gasteiger partial charge in [0.1, 0.15) is 0 Å². The van der Waals surface area contributed by atoms with Crippen LogP contribution in [-0.2, 0) is 6.54 Å². The van der Waals surface area contributed by atoms with Crippen molar-refractivity contribution in [1.82, 2.24) is 10.4 Å². The molecule has 0 saturated carbocycles. The van der Waals surface area contributed by atoms with Gasteiger partial charge in [-0.25, -0.2) is 9.95 Å². The third-order valence-electron chi connectivity index (χ3n) is 2.47. The average molecular weight is 206 g/mol. The smallest absolute Gasteiger partial charge is 0.0941 e. The molecule has 0 spiro atoms. The fourth-order valence-corrected chi connectivity index (χ4v) is 1.98. The minimum Gasteiger partial charge on any atom is -0.254 e. The van der Waals surface area contributed by atoms with Crippen molar-refractivity contribution in [3.8, 4) is 0 Å². The third-order valence-corrected chi connectivity index (χ3v) is 2.77. The van der Waals surface area contributed by atoms with E-state index in [0.717, 1.165) is 17.7 Å². The van der Waals surface area contributed by atoms with Crippen molar-refractivity contribution in [3.05, 3.63) is 36.0 Å². The summed E-state index contributed by atoms with van der Waals surface area (Å²) in [6, 6.07) is 8.08. The Labute approximate surface area is 86.4 Å². The molecule has 1 aromatic carbocycles. The zero-order valence-electron chi connectivity index (χ0n) is 7.37. The van der Waals surface area contributed by atoms with E-state index in [2.05, 4.69) is 16.5 Å². The molecule has 0 fully saturated rings. The average Bonchev–Trinajstić information content (AvgIpc) is 2.61. The second kappa shape index (κ2) is 2.83. The minimum atomic E-state index is 0.766. The number of benzene rings is 1. The molecular formula is C10H8ClN3. The highest BCUT2D eigenvalue weighted by Gasteiger charge is 2.19. The summed E-state index contributed by atoms with van der Waals surface area (Å²) in [6.45, 7) is 0.766. The SMILES string of the molecule is ClN1NCc2c1cnc1ccccc21.